The monoisotopic (exact) mass is 434 g/mol. The first-order chi connectivity index (χ1) is 16.2. The van der Waals surface area contributed by atoms with Gasteiger partial charge in [-0.2, -0.15) is 0 Å². The number of hydrogen-bond donors (Lipinski definition) is 2. The molecule has 0 spiro atoms. The fourth-order valence-electron chi connectivity index (χ4n) is 4.77. The highest BCUT2D eigenvalue weighted by Crippen LogP contribution is 2.37. The normalized spacial score (nSPS) is 15.7. The zero-order valence-electron chi connectivity index (χ0n) is 18.6. The molecule has 4 heterocycles. The molecule has 0 amide bonds. The van der Waals surface area contributed by atoms with Crippen LogP contribution in [0.5, 0.6) is 0 Å². The lowest BCUT2D eigenvalue weighted by atomic mass is 9.91. The van der Waals surface area contributed by atoms with E-state index in [0.717, 1.165) is 59.9 Å². The third-order valence-electron chi connectivity index (χ3n) is 6.66. The molecule has 1 aliphatic heterocycles. The molecule has 0 radical (unpaired) electrons. The third-order valence-corrected chi connectivity index (χ3v) is 6.66. The molecular formula is C27H26N6. The second kappa shape index (κ2) is 7.98. The zero-order valence-corrected chi connectivity index (χ0v) is 18.6. The first-order valence-corrected chi connectivity index (χ1v) is 11.5. The van der Waals surface area contributed by atoms with Crippen LogP contribution in [-0.4, -0.2) is 38.0 Å². The Morgan fingerprint density at radius 1 is 0.909 bits per heavy atom. The average molecular weight is 435 g/mol. The summed E-state index contributed by atoms with van der Waals surface area (Å²) in [7, 11) is 0. The maximum atomic E-state index is 5.20. The Bertz CT molecular complexity index is 1430. The second-order valence-electron chi connectivity index (χ2n) is 9.01. The minimum atomic E-state index is -0.0184. The van der Waals surface area contributed by atoms with Crippen LogP contribution >= 0.6 is 0 Å². The Kier molecular flexibility index (Phi) is 4.80. The summed E-state index contributed by atoms with van der Waals surface area (Å²) in [5, 5.41) is 9.63. The molecule has 1 aliphatic rings. The molecule has 0 unspecified atom stereocenters. The van der Waals surface area contributed by atoms with E-state index in [1.54, 1.807) is 0 Å². The molecule has 0 aliphatic carbocycles. The van der Waals surface area contributed by atoms with Crippen LogP contribution in [0.3, 0.4) is 0 Å². The van der Waals surface area contributed by atoms with Gasteiger partial charge in [0.05, 0.1) is 11.3 Å². The van der Waals surface area contributed by atoms with Crippen molar-refractivity contribution in [1.82, 2.24) is 24.7 Å². The number of anilines is 1. The number of nitrogens with one attached hydrogen (secondary N) is 2. The van der Waals surface area contributed by atoms with Gasteiger partial charge >= 0.3 is 0 Å². The molecule has 3 aromatic heterocycles. The molecule has 0 atom stereocenters. The maximum Gasteiger partial charge on any atom is 0.209 e. The summed E-state index contributed by atoms with van der Waals surface area (Å²) in [4.78, 5) is 14.2. The summed E-state index contributed by atoms with van der Waals surface area (Å²) in [5.74, 6) is 0.822. The number of fused-ring (bicyclic) bond motifs is 2. The lowest BCUT2D eigenvalue weighted by Crippen LogP contribution is -2.45. The van der Waals surface area contributed by atoms with Crippen molar-refractivity contribution in [1.29, 1.82) is 0 Å². The summed E-state index contributed by atoms with van der Waals surface area (Å²) < 4.78 is 2.09. The standard InChI is InChI=1S/C27H26N6/c1-27(10-14-29-15-11-27)32-26-31-24(20-8-12-28-13-9-20)23(25-30-16-17-33(25)26)22-7-6-19-4-2-3-5-21(19)18-22/h2-9,12-13,16-18,29H,10-11,14-15H2,1H3,(H,31,32). The van der Waals surface area contributed by atoms with Crippen LogP contribution < -0.4 is 10.6 Å². The van der Waals surface area contributed by atoms with Crippen molar-refractivity contribution in [3.63, 3.8) is 0 Å². The van der Waals surface area contributed by atoms with Crippen molar-refractivity contribution < 1.29 is 0 Å². The smallest absolute Gasteiger partial charge is 0.209 e. The van der Waals surface area contributed by atoms with Gasteiger partial charge in [0.15, 0.2) is 0 Å². The summed E-state index contributed by atoms with van der Waals surface area (Å²) in [6.07, 6.45) is 9.57. The zero-order chi connectivity index (χ0) is 22.3. The second-order valence-corrected chi connectivity index (χ2v) is 9.01. The molecule has 6 rings (SSSR count). The molecule has 0 saturated carbocycles. The van der Waals surface area contributed by atoms with Crippen LogP contribution in [0.2, 0.25) is 0 Å². The van der Waals surface area contributed by atoms with Crippen LogP contribution in [-0.2, 0) is 0 Å². The van der Waals surface area contributed by atoms with Crippen molar-refractivity contribution in [2.45, 2.75) is 25.3 Å². The summed E-state index contributed by atoms with van der Waals surface area (Å²) in [6.45, 7) is 4.29. The first-order valence-electron chi connectivity index (χ1n) is 11.5. The van der Waals surface area contributed by atoms with Gasteiger partial charge in [0.2, 0.25) is 5.95 Å². The Morgan fingerprint density at radius 3 is 2.52 bits per heavy atom. The number of hydrogen-bond acceptors (Lipinski definition) is 5. The van der Waals surface area contributed by atoms with Gasteiger partial charge in [-0.1, -0.05) is 36.4 Å². The number of benzene rings is 2. The number of pyridine rings is 1. The van der Waals surface area contributed by atoms with Crippen molar-refractivity contribution in [2.24, 2.45) is 0 Å². The number of rotatable bonds is 4. The van der Waals surface area contributed by atoms with E-state index in [9.17, 15) is 0 Å². The van der Waals surface area contributed by atoms with Crippen LogP contribution in [0.25, 0.3) is 38.8 Å². The predicted octanol–water partition coefficient (Wildman–Crippen LogP) is 5.17. The van der Waals surface area contributed by atoms with Gasteiger partial charge < -0.3 is 10.6 Å². The minimum absolute atomic E-state index is 0.0184. The van der Waals surface area contributed by atoms with Crippen molar-refractivity contribution in [2.75, 3.05) is 18.4 Å². The van der Waals surface area contributed by atoms with E-state index in [-0.39, 0.29) is 5.54 Å². The van der Waals surface area contributed by atoms with Gasteiger partial charge in [-0.3, -0.25) is 9.38 Å². The highest BCUT2D eigenvalue weighted by Gasteiger charge is 2.29. The van der Waals surface area contributed by atoms with Gasteiger partial charge in [-0.25, -0.2) is 9.97 Å². The van der Waals surface area contributed by atoms with Crippen LogP contribution in [0.4, 0.5) is 5.95 Å². The molecule has 5 aromatic rings. The average Bonchev–Trinajstić information content (AvgIpc) is 3.35. The highest BCUT2D eigenvalue weighted by molar-refractivity contribution is 5.95. The molecule has 6 heteroatoms. The first kappa shape index (κ1) is 19.9. The largest absolute Gasteiger partial charge is 0.350 e. The molecule has 2 N–H and O–H groups in total. The van der Waals surface area contributed by atoms with Crippen LogP contribution in [0.1, 0.15) is 19.8 Å². The summed E-state index contributed by atoms with van der Waals surface area (Å²) in [5.41, 5.74) is 4.94. The van der Waals surface area contributed by atoms with E-state index in [1.807, 2.05) is 36.9 Å². The number of piperidine rings is 1. The quantitative estimate of drug-likeness (QED) is 0.409. The Morgan fingerprint density at radius 2 is 1.70 bits per heavy atom. The van der Waals surface area contributed by atoms with Gasteiger partial charge in [-0.05, 0) is 67.4 Å². The fraction of sp³-hybridized carbons (Fsp3) is 0.222. The molecule has 6 nitrogen and oxygen atoms in total. The number of imidazole rings is 1. The fourth-order valence-corrected chi connectivity index (χ4v) is 4.77. The van der Waals surface area contributed by atoms with Crippen molar-refractivity contribution in [3.05, 3.63) is 79.4 Å². The van der Waals surface area contributed by atoms with E-state index >= 15 is 0 Å². The molecule has 1 fully saturated rings. The third kappa shape index (κ3) is 3.62. The summed E-state index contributed by atoms with van der Waals surface area (Å²) in [6, 6.07) is 19.0. The maximum absolute atomic E-state index is 5.20. The molecule has 164 valence electrons. The molecule has 33 heavy (non-hydrogen) atoms. The molecule has 0 bridgehead atoms. The van der Waals surface area contributed by atoms with E-state index in [1.165, 1.54) is 10.8 Å². The summed E-state index contributed by atoms with van der Waals surface area (Å²) >= 11 is 0. The topological polar surface area (TPSA) is 67.1 Å². The predicted molar refractivity (Wildman–Crippen MR) is 133 cm³/mol. The lowest BCUT2D eigenvalue weighted by molar-refractivity contribution is 0.363. The van der Waals surface area contributed by atoms with Gasteiger partial charge in [0.1, 0.15) is 5.65 Å². The van der Waals surface area contributed by atoms with Gasteiger partial charge in [0, 0.05) is 35.9 Å². The van der Waals surface area contributed by atoms with Crippen molar-refractivity contribution >= 4 is 22.4 Å². The van der Waals surface area contributed by atoms with E-state index in [0.29, 0.717) is 0 Å². The van der Waals surface area contributed by atoms with E-state index < -0.39 is 0 Å². The van der Waals surface area contributed by atoms with Gasteiger partial charge in [-0.15, -0.1) is 0 Å². The molecular weight excluding hydrogens is 408 g/mol. The Hall–Kier alpha value is -3.77. The van der Waals surface area contributed by atoms with Crippen LogP contribution in [0.15, 0.2) is 79.4 Å². The number of nitrogens with zero attached hydrogens (tertiary/aromatic N) is 4. The van der Waals surface area contributed by atoms with E-state index in [4.69, 9.17) is 9.97 Å². The molecule has 2 aromatic carbocycles. The Labute approximate surface area is 192 Å². The minimum Gasteiger partial charge on any atom is -0.350 e. The Balaban J connectivity index is 1.59. The lowest BCUT2D eigenvalue weighted by Gasteiger charge is -2.35. The van der Waals surface area contributed by atoms with Crippen LogP contribution in [0, 0.1) is 0 Å². The van der Waals surface area contributed by atoms with Crippen molar-refractivity contribution in [3.8, 4) is 22.4 Å². The highest BCUT2D eigenvalue weighted by atomic mass is 15.2. The number of aromatic nitrogens is 4. The van der Waals surface area contributed by atoms with E-state index in [2.05, 4.69) is 69.4 Å². The molecule has 1 saturated heterocycles. The SMILES string of the molecule is CC1(Nc2nc(-c3ccncc3)c(-c3ccc4ccccc4c3)c3nccn23)CCNCC1. The van der Waals surface area contributed by atoms with Gasteiger partial charge in [0.25, 0.3) is 0 Å².